The standard InChI is InChI=1S/C21H16O5/c1-24-17-11-7-8-15(14-17)20(22)26-19-13-6-5-12-18(19)21(23)25-16-9-3-2-4-10-16/h2-14H,1H3. The summed E-state index contributed by atoms with van der Waals surface area (Å²) < 4.78 is 15.8. The van der Waals surface area contributed by atoms with Gasteiger partial charge in [-0.15, -0.1) is 0 Å². The third kappa shape index (κ3) is 4.08. The first-order valence-corrected chi connectivity index (χ1v) is 7.90. The Bertz CT molecular complexity index is 918. The number of para-hydroxylation sites is 2. The molecule has 0 spiro atoms. The fraction of sp³-hybridized carbons (Fsp3) is 0.0476. The number of hydrogen-bond donors (Lipinski definition) is 0. The summed E-state index contributed by atoms with van der Waals surface area (Å²) in [5, 5.41) is 0. The third-order valence-electron chi connectivity index (χ3n) is 3.57. The van der Waals surface area contributed by atoms with E-state index in [9.17, 15) is 9.59 Å². The van der Waals surface area contributed by atoms with E-state index in [0.717, 1.165) is 0 Å². The van der Waals surface area contributed by atoms with Gasteiger partial charge in [-0.05, 0) is 42.5 Å². The van der Waals surface area contributed by atoms with Crippen LogP contribution in [0.5, 0.6) is 17.2 Å². The minimum Gasteiger partial charge on any atom is -0.497 e. The number of carbonyl (C=O) groups is 2. The molecule has 26 heavy (non-hydrogen) atoms. The van der Waals surface area contributed by atoms with Crippen LogP contribution >= 0.6 is 0 Å². The molecule has 0 aliphatic heterocycles. The molecule has 5 heteroatoms. The van der Waals surface area contributed by atoms with Crippen molar-refractivity contribution in [1.82, 2.24) is 0 Å². The Kier molecular flexibility index (Phi) is 5.29. The molecule has 0 aromatic heterocycles. The van der Waals surface area contributed by atoms with E-state index in [1.165, 1.54) is 7.11 Å². The van der Waals surface area contributed by atoms with E-state index >= 15 is 0 Å². The van der Waals surface area contributed by atoms with E-state index in [-0.39, 0.29) is 11.3 Å². The zero-order chi connectivity index (χ0) is 18.4. The van der Waals surface area contributed by atoms with E-state index in [1.54, 1.807) is 72.8 Å². The van der Waals surface area contributed by atoms with Gasteiger partial charge >= 0.3 is 11.9 Å². The van der Waals surface area contributed by atoms with E-state index in [1.807, 2.05) is 6.07 Å². The molecule has 0 aliphatic carbocycles. The molecule has 0 saturated carbocycles. The first-order chi connectivity index (χ1) is 12.7. The molecular formula is C21H16O5. The van der Waals surface area contributed by atoms with Gasteiger partial charge in [-0.1, -0.05) is 36.4 Å². The second-order valence-corrected chi connectivity index (χ2v) is 5.32. The summed E-state index contributed by atoms with van der Waals surface area (Å²) in [6.07, 6.45) is 0. The summed E-state index contributed by atoms with van der Waals surface area (Å²) in [5.41, 5.74) is 0.475. The fourth-order valence-electron chi connectivity index (χ4n) is 2.28. The quantitative estimate of drug-likeness (QED) is 0.512. The number of carbonyl (C=O) groups excluding carboxylic acids is 2. The van der Waals surface area contributed by atoms with Crippen molar-refractivity contribution >= 4 is 11.9 Å². The number of benzene rings is 3. The molecular weight excluding hydrogens is 332 g/mol. The van der Waals surface area contributed by atoms with Crippen molar-refractivity contribution in [1.29, 1.82) is 0 Å². The minimum absolute atomic E-state index is 0.126. The van der Waals surface area contributed by atoms with E-state index in [4.69, 9.17) is 14.2 Å². The molecule has 130 valence electrons. The van der Waals surface area contributed by atoms with Crippen LogP contribution in [0.25, 0.3) is 0 Å². The molecule has 0 heterocycles. The Labute approximate surface area is 150 Å². The molecule has 5 nitrogen and oxygen atoms in total. The van der Waals surface area contributed by atoms with E-state index in [2.05, 4.69) is 0 Å². The molecule has 0 fully saturated rings. The number of rotatable bonds is 5. The predicted molar refractivity (Wildman–Crippen MR) is 95.8 cm³/mol. The van der Waals surface area contributed by atoms with Crippen LogP contribution in [0.4, 0.5) is 0 Å². The third-order valence-corrected chi connectivity index (χ3v) is 3.57. The lowest BCUT2D eigenvalue weighted by Crippen LogP contribution is -2.14. The van der Waals surface area contributed by atoms with Crippen LogP contribution in [0.2, 0.25) is 0 Å². The van der Waals surface area contributed by atoms with Crippen molar-refractivity contribution in [2.75, 3.05) is 7.11 Å². The minimum atomic E-state index is -0.606. The van der Waals surface area contributed by atoms with Crippen molar-refractivity contribution in [3.05, 3.63) is 90.0 Å². The number of methoxy groups -OCH3 is 1. The Hall–Kier alpha value is -3.60. The molecule has 0 atom stereocenters. The van der Waals surface area contributed by atoms with Crippen molar-refractivity contribution in [2.24, 2.45) is 0 Å². The van der Waals surface area contributed by atoms with E-state index in [0.29, 0.717) is 17.1 Å². The highest BCUT2D eigenvalue weighted by molar-refractivity contribution is 5.97. The van der Waals surface area contributed by atoms with Crippen LogP contribution in [-0.2, 0) is 0 Å². The molecule has 0 unspecified atom stereocenters. The lowest BCUT2D eigenvalue weighted by Gasteiger charge is -2.10. The molecule has 0 amide bonds. The summed E-state index contributed by atoms with van der Waals surface area (Å²) in [7, 11) is 1.51. The van der Waals surface area contributed by atoms with Crippen molar-refractivity contribution < 1.29 is 23.8 Å². The molecule has 0 N–H and O–H groups in total. The number of hydrogen-bond acceptors (Lipinski definition) is 5. The van der Waals surface area contributed by atoms with Crippen LogP contribution in [0.1, 0.15) is 20.7 Å². The van der Waals surface area contributed by atoms with Crippen LogP contribution in [0.3, 0.4) is 0 Å². The second kappa shape index (κ2) is 7.98. The van der Waals surface area contributed by atoms with Gasteiger partial charge in [0.15, 0.2) is 0 Å². The van der Waals surface area contributed by atoms with Crippen LogP contribution < -0.4 is 14.2 Å². The Morgan fingerprint density at radius 3 is 2.15 bits per heavy atom. The lowest BCUT2D eigenvalue weighted by molar-refractivity contribution is 0.0707. The summed E-state index contributed by atoms with van der Waals surface area (Å²) in [5.74, 6) is -0.127. The van der Waals surface area contributed by atoms with Gasteiger partial charge in [0.2, 0.25) is 0 Å². The topological polar surface area (TPSA) is 61.8 Å². The monoisotopic (exact) mass is 348 g/mol. The van der Waals surface area contributed by atoms with Gasteiger partial charge in [0.05, 0.1) is 12.7 Å². The SMILES string of the molecule is COc1cccc(C(=O)Oc2ccccc2C(=O)Oc2ccccc2)c1. The maximum Gasteiger partial charge on any atom is 0.347 e. The second-order valence-electron chi connectivity index (χ2n) is 5.32. The number of ether oxygens (including phenoxy) is 3. The molecule has 3 rings (SSSR count). The summed E-state index contributed by atoms with van der Waals surface area (Å²) in [6, 6.07) is 21.7. The van der Waals surface area contributed by atoms with Crippen molar-refractivity contribution in [2.45, 2.75) is 0 Å². The van der Waals surface area contributed by atoms with E-state index < -0.39 is 11.9 Å². The van der Waals surface area contributed by atoms with Gasteiger partial charge in [0, 0.05) is 0 Å². The maximum absolute atomic E-state index is 12.4. The van der Waals surface area contributed by atoms with Crippen LogP contribution in [0, 0.1) is 0 Å². The fourth-order valence-corrected chi connectivity index (χ4v) is 2.28. The normalized spacial score (nSPS) is 10.0. The van der Waals surface area contributed by atoms with Gasteiger partial charge in [0.25, 0.3) is 0 Å². The molecule has 3 aromatic carbocycles. The van der Waals surface area contributed by atoms with Gasteiger partial charge in [-0.2, -0.15) is 0 Å². The zero-order valence-electron chi connectivity index (χ0n) is 14.0. The lowest BCUT2D eigenvalue weighted by atomic mass is 10.2. The highest BCUT2D eigenvalue weighted by Gasteiger charge is 2.18. The van der Waals surface area contributed by atoms with Crippen molar-refractivity contribution in [3.63, 3.8) is 0 Å². The summed E-state index contributed by atoms with van der Waals surface area (Å²) >= 11 is 0. The molecule has 0 saturated heterocycles. The van der Waals surface area contributed by atoms with Gasteiger partial charge in [-0.25, -0.2) is 9.59 Å². The predicted octanol–water partition coefficient (Wildman–Crippen LogP) is 4.13. The molecule has 0 aliphatic rings. The molecule has 0 bridgehead atoms. The average molecular weight is 348 g/mol. The Morgan fingerprint density at radius 2 is 1.38 bits per heavy atom. The Morgan fingerprint density at radius 1 is 0.692 bits per heavy atom. The first-order valence-electron chi connectivity index (χ1n) is 7.90. The molecule has 0 radical (unpaired) electrons. The maximum atomic E-state index is 12.4. The van der Waals surface area contributed by atoms with Gasteiger partial charge in [0.1, 0.15) is 22.8 Å². The Balaban J connectivity index is 1.80. The highest BCUT2D eigenvalue weighted by atomic mass is 16.5. The highest BCUT2D eigenvalue weighted by Crippen LogP contribution is 2.22. The summed E-state index contributed by atoms with van der Waals surface area (Å²) in [4.78, 5) is 24.8. The number of esters is 2. The van der Waals surface area contributed by atoms with Gasteiger partial charge in [-0.3, -0.25) is 0 Å². The van der Waals surface area contributed by atoms with Crippen LogP contribution in [0.15, 0.2) is 78.9 Å². The van der Waals surface area contributed by atoms with Crippen molar-refractivity contribution in [3.8, 4) is 17.2 Å². The molecule has 3 aromatic rings. The average Bonchev–Trinajstić information content (AvgIpc) is 2.69. The van der Waals surface area contributed by atoms with Crippen LogP contribution in [-0.4, -0.2) is 19.0 Å². The first kappa shape index (κ1) is 17.2. The largest absolute Gasteiger partial charge is 0.497 e. The smallest absolute Gasteiger partial charge is 0.347 e. The summed E-state index contributed by atoms with van der Waals surface area (Å²) in [6.45, 7) is 0. The zero-order valence-corrected chi connectivity index (χ0v) is 14.0. The van der Waals surface area contributed by atoms with Gasteiger partial charge < -0.3 is 14.2 Å².